The fourth-order valence-corrected chi connectivity index (χ4v) is 5.27. The van der Waals surface area contributed by atoms with Gasteiger partial charge in [-0.1, -0.05) is 80.9 Å². The summed E-state index contributed by atoms with van der Waals surface area (Å²) in [6.45, 7) is 5.18. The first-order valence-corrected chi connectivity index (χ1v) is 16.4. The smallest absolute Gasteiger partial charge is 0.314 e. The molecule has 0 aromatic rings. The Hall–Kier alpha value is -2.19. The van der Waals surface area contributed by atoms with Crippen LogP contribution in [-0.4, -0.2) is 113 Å². The van der Waals surface area contributed by atoms with Crippen molar-refractivity contribution in [3.63, 3.8) is 0 Å². The van der Waals surface area contributed by atoms with E-state index in [1.807, 2.05) is 6.92 Å². The maximum Gasteiger partial charge on any atom is 0.314 e. The van der Waals surface area contributed by atoms with Crippen molar-refractivity contribution in [2.45, 2.75) is 146 Å². The lowest BCUT2D eigenvalue weighted by Gasteiger charge is -2.29. The van der Waals surface area contributed by atoms with Crippen LogP contribution in [0.15, 0.2) is 60.3 Å². The third-order valence-corrected chi connectivity index (χ3v) is 8.03. The first kappa shape index (κ1) is 41.8. The van der Waals surface area contributed by atoms with Crippen LogP contribution in [0, 0.1) is 5.92 Å². The van der Waals surface area contributed by atoms with Gasteiger partial charge in [-0.3, -0.25) is 4.79 Å². The number of rotatable bonds is 5. The van der Waals surface area contributed by atoms with Crippen LogP contribution in [0.4, 0.5) is 0 Å². The summed E-state index contributed by atoms with van der Waals surface area (Å²) in [6.07, 6.45) is 4.69. The highest BCUT2D eigenvalue weighted by atomic mass is 16.6. The van der Waals surface area contributed by atoms with Crippen LogP contribution in [0.3, 0.4) is 0 Å². The molecule has 9 N–H and O–H groups in total. The Morgan fingerprint density at radius 3 is 1.74 bits per heavy atom. The molecule has 1 aliphatic rings. The van der Waals surface area contributed by atoms with Crippen LogP contribution in [0.5, 0.6) is 0 Å². The van der Waals surface area contributed by atoms with E-state index >= 15 is 0 Å². The highest BCUT2D eigenvalue weighted by molar-refractivity contribution is 5.74. The van der Waals surface area contributed by atoms with Gasteiger partial charge in [0, 0.05) is 12.8 Å². The summed E-state index contributed by atoms with van der Waals surface area (Å²) in [6, 6.07) is 0. The Balaban J connectivity index is 3.14. The van der Waals surface area contributed by atoms with Gasteiger partial charge in [-0.2, -0.15) is 0 Å². The van der Waals surface area contributed by atoms with Crippen molar-refractivity contribution in [2.75, 3.05) is 0 Å². The van der Waals surface area contributed by atoms with E-state index in [2.05, 4.69) is 0 Å². The zero-order chi connectivity index (χ0) is 34.6. The highest BCUT2D eigenvalue weighted by Crippen LogP contribution is 2.24. The molecule has 0 radical (unpaired) electrons. The molecule has 11 nitrogen and oxygen atoms in total. The molecule has 0 bridgehead atoms. The lowest BCUT2D eigenvalue weighted by Crippen LogP contribution is -2.43. The number of hydrogen-bond acceptors (Lipinski definition) is 11. The average molecular weight is 655 g/mol. The molecule has 0 aromatic heterocycles. The molecular formula is C35H58O11. The van der Waals surface area contributed by atoms with Crippen LogP contribution < -0.4 is 0 Å². The number of allylic oxidation sites excluding steroid dienone is 8. The van der Waals surface area contributed by atoms with Crippen molar-refractivity contribution in [2.24, 2.45) is 5.92 Å². The molecule has 1 heterocycles. The number of esters is 1. The number of ether oxygens (including phenoxy) is 1. The van der Waals surface area contributed by atoms with Crippen LogP contribution >= 0.6 is 0 Å². The minimum absolute atomic E-state index is 0.0162. The molecule has 0 saturated heterocycles. The van der Waals surface area contributed by atoms with Crippen molar-refractivity contribution < 1.29 is 55.5 Å². The zero-order valence-electron chi connectivity index (χ0n) is 27.5. The number of carbonyl (C=O) groups is 1. The predicted molar refractivity (Wildman–Crippen MR) is 175 cm³/mol. The summed E-state index contributed by atoms with van der Waals surface area (Å²) in [7, 11) is 0. The van der Waals surface area contributed by atoms with Gasteiger partial charge in [0.15, 0.2) is 0 Å². The summed E-state index contributed by atoms with van der Waals surface area (Å²) < 4.78 is 5.42. The van der Waals surface area contributed by atoms with E-state index in [0.29, 0.717) is 12.0 Å². The van der Waals surface area contributed by atoms with Gasteiger partial charge in [0.25, 0.3) is 0 Å². The van der Waals surface area contributed by atoms with Crippen LogP contribution in [-0.2, 0) is 9.53 Å². The Kier molecular flexibility index (Phi) is 21.1. The number of carbonyl (C=O) groups excluding carboxylic acids is 1. The number of aliphatic hydroxyl groups excluding tert-OH is 9. The van der Waals surface area contributed by atoms with E-state index in [1.54, 1.807) is 55.5 Å². The third-order valence-electron chi connectivity index (χ3n) is 8.03. The minimum atomic E-state index is -1.52. The van der Waals surface area contributed by atoms with E-state index in [4.69, 9.17) is 4.74 Å². The summed E-state index contributed by atoms with van der Waals surface area (Å²) in [5.41, 5.74) is 0.609. The lowest BCUT2D eigenvalue weighted by molar-refractivity contribution is -0.168. The summed E-state index contributed by atoms with van der Waals surface area (Å²) in [4.78, 5) is 13.1. The number of aliphatic hydroxyl groups is 9. The highest BCUT2D eigenvalue weighted by Gasteiger charge is 2.37. The maximum atomic E-state index is 13.1. The molecule has 1 rings (SSSR count). The van der Waals surface area contributed by atoms with Crippen molar-refractivity contribution in [3.8, 4) is 0 Å². The molecule has 0 amide bonds. The first-order chi connectivity index (χ1) is 21.7. The molecule has 0 fully saturated rings. The lowest BCUT2D eigenvalue weighted by atomic mass is 9.87. The average Bonchev–Trinajstić information content (AvgIpc) is 2.94. The molecule has 46 heavy (non-hydrogen) atoms. The Morgan fingerprint density at radius 1 is 0.717 bits per heavy atom. The van der Waals surface area contributed by atoms with E-state index in [-0.39, 0.29) is 44.9 Å². The maximum absolute atomic E-state index is 13.1. The molecule has 0 saturated carbocycles. The molecule has 11 heteroatoms. The van der Waals surface area contributed by atoms with Gasteiger partial charge < -0.3 is 50.7 Å². The summed E-state index contributed by atoms with van der Waals surface area (Å²) >= 11 is 0. The predicted octanol–water partition coefficient (Wildman–Crippen LogP) is 1.89. The molecule has 0 spiro atoms. The van der Waals surface area contributed by atoms with Crippen LogP contribution in [0.25, 0.3) is 0 Å². The molecule has 11 unspecified atom stereocenters. The SMILES string of the molecule is CCCCCC(O)C1C(=O)OC(C)C(O)C=C/C=C\C=CC=C/C=C(/C)C(O)CC(O)CC(O)CC(O)CC(O)CC(O)CC1O. The van der Waals surface area contributed by atoms with Gasteiger partial charge >= 0.3 is 5.97 Å². The zero-order valence-corrected chi connectivity index (χ0v) is 27.5. The van der Waals surface area contributed by atoms with Crippen molar-refractivity contribution in [1.29, 1.82) is 0 Å². The number of unbranched alkanes of at least 4 members (excludes halogenated alkanes) is 2. The normalized spacial score (nSPS) is 36.5. The Bertz CT molecular complexity index is 991. The second-order valence-electron chi connectivity index (χ2n) is 12.4. The van der Waals surface area contributed by atoms with Gasteiger partial charge in [0.1, 0.15) is 18.1 Å². The monoisotopic (exact) mass is 654 g/mol. The molecular weight excluding hydrogens is 596 g/mol. The van der Waals surface area contributed by atoms with Gasteiger partial charge in [0.05, 0.1) is 48.8 Å². The van der Waals surface area contributed by atoms with Gasteiger partial charge in [-0.15, -0.1) is 0 Å². The summed E-state index contributed by atoms with van der Waals surface area (Å²) in [5, 5.41) is 94.8. The number of cyclic esters (lactones) is 1. The third kappa shape index (κ3) is 17.7. The van der Waals surface area contributed by atoms with Crippen molar-refractivity contribution >= 4 is 5.97 Å². The molecule has 11 atom stereocenters. The fraction of sp³-hybridized carbons (Fsp3) is 0.686. The van der Waals surface area contributed by atoms with E-state index < -0.39 is 72.9 Å². The van der Waals surface area contributed by atoms with E-state index in [1.165, 1.54) is 13.0 Å². The van der Waals surface area contributed by atoms with E-state index in [0.717, 1.165) is 12.8 Å². The Labute approximate surface area is 273 Å². The van der Waals surface area contributed by atoms with Crippen LogP contribution in [0.2, 0.25) is 0 Å². The second-order valence-corrected chi connectivity index (χ2v) is 12.4. The van der Waals surface area contributed by atoms with Gasteiger partial charge in [-0.05, 0) is 51.5 Å². The molecule has 1 aliphatic heterocycles. The first-order valence-electron chi connectivity index (χ1n) is 16.4. The molecule has 0 aliphatic carbocycles. The quantitative estimate of drug-likeness (QED) is 0.154. The van der Waals surface area contributed by atoms with Crippen molar-refractivity contribution in [3.05, 3.63) is 60.3 Å². The topological polar surface area (TPSA) is 208 Å². The van der Waals surface area contributed by atoms with Crippen molar-refractivity contribution in [1.82, 2.24) is 0 Å². The second kappa shape index (κ2) is 23.2. The Morgan fingerprint density at radius 2 is 1.20 bits per heavy atom. The minimum Gasteiger partial charge on any atom is -0.459 e. The summed E-state index contributed by atoms with van der Waals surface area (Å²) in [5.74, 6) is -2.33. The van der Waals surface area contributed by atoms with Gasteiger partial charge in [-0.25, -0.2) is 0 Å². The largest absolute Gasteiger partial charge is 0.459 e. The molecule has 264 valence electrons. The standard InChI is InChI=1S/C35H58O11/c1-4-5-11-16-31(42)34-33(44)22-29(40)20-27(38)18-25(36)17-26(37)19-28(39)21-32(43)23(2)14-12-9-7-6-8-10-13-15-30(41)24(3)46-35(34)45/h6-10,12-15,24-34,36-44H,4-5,11,16-22H2,1-3H3/b7-6?,10-8-,12-9?,15-13?,23-14-. The van der Waals surface area contributed by atoms with Crippen LogP contribution in [0.1, 0.15) is 85.0 Å². The van der Waals surface area contributed by atoms with E-state index in [9.17, 15) is 50.8 Å². The molecule has 0 aromatic carbocycles. The van der Waals surface area contributed by atoms with Gasteiger partial charge in [0.2, 0.25) is 0 Å². The number of hydrogen-bond donors (Lipinski definition) is 9. The fourth-order valence-electron chi connectivity index (χ4n) is 5.27.